The lowest BCUT2D eigenvalue weighted by atomic mass is 10.1. The summed E-state index contributed by atoms with van der Waals surface area (Å²) in [5.41, 5.74) is 7.76. The Labute approximate surface area is 102 Å². The largest absolute Gasteiger partial charge is 0.387 e. The first-order valence-corrected chi connectivity index (χ1v) is 6.08. The highest BCUT2D eigenvalue weighted by atomic mass is 14.9. The topological polar surface area (TPSA) is 62.2 Å². The fraction of sp³-hybridized carbons (Fsp3) is 0.429. The highest BCUT2D eigenvalue weighted by Gasteiger charge is 2.18. The monoisotopic (exact) mass is 227 g/mol. The predicted octanol–water partition coefficient (Wildman–Crippen LogP) is 2.61. The fourth-order valence-electron chi connectivity index (χ4n) is 2.22. The number of aliphatic imine (C=N–C) groups is 1. The van der Waals surface area contributed by atoms with Gasteiger partial charge in [0, 0.05) is 5.92 Å². The molecule has 3 nitrogen and oxygen atoms in total. The molecule has 0 unspecified atom stereocenters. The third kappa shape index (κ3) is 3.07. The maximum atomic E-state index is 8.69. The minimum Gasteiger partial charge on any atom is -0.387 e. The molecule has 3 heteroatoms. The van der Waals surface area contributed by atoms with Crippen LogP contribution in [0.5, 0.6) is 0 Å². The third-order valence-corrected chi connectivity index (χ3v) is 3.30. The van der Waals surface area contributed by atoms with Crippen LogP contribution in [-0.4, -0.2) is 5.84 Å². The number of nitrogens with zero attached hydrogens (tertiary/aromatic N) is 2. The van der Waals surface area contributed by atoms with Gasteiger partial charge >= 0.3 is 0 Å². The summed E-state index contributed by atoms with van der Waals surface area (Å²) in [6.07, 6.45) is 4.92. The second-order valence-corrected chi connectivity index (χ2v) is 4.53. The number of nitriles is 1. The molecule has 0 amide bonds. The zero-order chi connectivity index (χ0) is 12.1. The van der Waals surface area contributed by atoms with Gasteiger partial charge in [0.05, 0.1) is 24.0 Å². The van der Waals surface area contributed by atoms with E-state index in [1.54, 1.807) is 0 Å². The average Bonchev–Trinajstić information content (AvgIpc) is 2.90. The summed E-state index contributed by atoms with van der Waals surface area (Å²) in [5.74, 6) is 1.29. The molecular weight excluding hydrogens is 210 g/mol. The minimum atomic E-state index is 0.494. The Kier molecular flexibility index (Phi) is 3.77. The fourth-order valence-corrected chi connectivity index (χ4v) is 2.22. The molecule has 0 atom stereocenters. The summed E-state index contributed by atoms with van der Waals surface area (Å²) in [4.78, 5) is 4.44. The van der Waals surface area contributed by atoms with Gasteiger partial charge in [-0.1, -0.05) is 25.0 Å². The van der Waals surface area contributed by atoms with Crippen LogP contribution in [0.1, 0.15) is 36.8 Å². The molecule has 2 N–H and O–H groups in total. The normalized spacial score (nSPS) is 17.0. The minimum absolute atomic E-state index is 0.494. The zero-order valence-electron chi connectivity index (χ0n) is 9.89. The van der Waals surface area contributed by atoms with Crippen LogP contribution in [0.15, 0.2) is 29.3 Å². The van der Waals surface area contributed by atoms with E-state index in [1.807, 2.05) is 24.3 Å². The lowest BCUT2D eigenvalue weighted by Crippen LogP contribution is -2.21. The van der Waals surface area contributed by atoms with Crippen molar-refractivity contribution >= 4 is 5.84 Å². The van der Waals surface area contributed by atoms with Crippen molar-refractivity contribution in [3.05, 3.63) is 35.4 Å². The molecule has 0 radical (unpaired) electrons. The van der Waals surface area contributed by atoms with Crippen molar-refractivity contribution in [2.45, 2.75) is 32.2 Å². The van der Waals surface area contributed by atoms with E-state index >= 15 is 0 Å². The average molecular weight is 227 g/mol. The van der Waals surface area contributed by atoms with Gasteiger partial charge in [-0.2, -0.15) is 5.26 Å². The number of rotatable bonds is 3. The molecule has 0 heterocycles. The molecule has 0 saturated heterocycles. The maximum absolute atomic E-state index is 8.69. The molecule has 1 aliphatic carbocycles. The lowest BCUT2D eigenvalue weighted by molar-refractivity contribution is 0.715. The van der Waals surface area contributed by atoms with E-state index in [0.717, 1.165) is 11.4 Å². The first kappa shape index (κ1) is 11.7. The number of hydrogen-bond acceptors (Lipinski definition) is 2. The summed E-state index contributed by atoms with van der Waals surface area (Å²) in [5, 5.41) is 8.69. The summed E-state index contributed by atoms with van der Waals surface area (Å²) in [7, 11) is 0. The molecule has 1 aliphatic rings. The quantitative estimate of drug-likeness (QED) is 0.637. The number of benzene rings is 1. The van der Waals surface area contributed by atoms with E-state index in [9.17, 15) is 0 Å². The summed E-state index contributed by atoms with van der Waals surface area (Å²) >= 11 is 0. The van der Waals surface area contributed by atoms with Gasteiger partial charge in [-0.3, -0.25) is 4.99 Å². The Bertz CT molecular complexity index is 434. The SMILES string of the molecule is N#Cc1ccc(CN=C(N)C2CCCC2)cc1. The maximum Gasteiger partial charge on any atom is 0.0991 e. The Morgan fingerprint density at radius 3 is 2.53 bits per heavy atom. The van der Waals surface area contributed by atoms with Gasteiger partial charge in [-0.05, 0) is 30.5 Å². The van der Waals surface area contributed by atoms with Crippen molar-refractivity contribution in [1.82, 2.24) is 0 Å². The van der Waals surface area contributed by atoms with Crippen molar-refractivity contribution < 1.29 is 0 Å². The van der Waals surface area contributed by atoms with Gasteiger partial charge in [0.1, 0.15) is 0 Å². The van der Waals surface area contributed by atoms with E-state index in [1.165, 1.54) is 25.7 Å². The van der Waals surface area contributed by atoms with Gasteiger partial charge < -0.3 is 5.73 Å². The molecule has 2 rings (SSSR count). The molecule has 1 aromatic rings. The van der Waals surface area contributed by atoms with Crippen molar-refractivity contribution in [2.24, 2.45) is 16.6 Å². The third-order valence-electron chi connectivity index (χ3n) is 3.30. The Morgan fingerprint density at radius 2 is 1.94 bits per heavy atom. The van der Waals surface area contributed by atoms with Crippen LogP contribution in [0.2, 0.25) is 0 Å². The van der Waals surface area contributed by atoms with Crippen LogP contribution >= 0.6 is 0 Å². The molecule has 17 heavy (non-hydrogen) atoms. The highest BCUT2D eigenvalue weighted by Crippen LogP contribution is 2.24. The molecule has 0 aromatic heterocycles. The van der Waals surface area contributed by atoms with Gasteiger partial charge in [-0.15, -0.1) is 0 Å². The second-order valence-electron chi connectivity index (χ2n) is 4.53. The van der Waals surface area contributed by atoms with Gasteiger partial charge in [0.25, 0.3) is 0 Å². The Balaban J connectivity index is 1.96. The standard InChI is InChI=1S/C14H17N3/c15-9-11-5-7-12(8-6-11)10-17-14(16)13-3-1-2-4-13/h5-8,13H,1-4,10H2,(H2,16,17). The van der Waals surface area contributed by atoms with Gasteiger partial charge in [0.15, 0.2) is 0 Å². The summed E-state index contributed by atoms with van der Waals surface area (Å²) in [6, 6.07) is 9.60. The van der Waals surface area contributed by atoms with Crippen LogP contribution in [0.25, 0.3) is 0 Å². The first-order valence-electron chi connectivity index (χ1n) is 6.08. The van der Waals surface area contributed by atoms with E-state index < -0.39 is 0 Å². The molecule has 0 bridgehead atoms. The Morgan fingerprint density at radius 1 is 1.29 bits per heavy atom. The van der Waals surface area contributed by atoms with Crippen molar-refractivity contribution in [3.63, 3.8) is 0 Å². The molecular formula is C14H17N3. The van der Waals surface area contributed by atoms with Gasteiger partial charge in [-0.25, -0.2) is 0 Å². The summed E-state index contributed by atoms with van der Waals surface area (Å²) in [6.45, 7) is 0.619. The van der Waals surface area contributed by atoms with Crippen LogP contribution in [0, 0.1) is 17.2 Å². The predicted molar refractivity (Wildman–Crippen MR) is 68.4 cm³/mol. The van der Waals surface area contributed by atoms with Crippen LogP contribution < -0.4 is 5.73 Å². The van der Waals surface area contributed by atoms with Crippen molar-refractivity contribution in [3.8, 4) is 6.07 Å². The second kappa shape index (κ2) is 5.49. The molecule has 0 spiro atoms. The molecule has 1 fully saturated rings. The first-order chi connectivity index (χ1) is 8.29. The van der Waals surface area contributed by atoms with Crippen LogP contribution in [0.4, 0.5) is 0 Å². The van der Waals surface area contributed by atoms with Gasteiger partial charge in [0.2, 0.25) is 0 Å². The van der Waals surface area contributed by atoms with E-state index in [-0.39, 0.29) is 0 Å². The summed E-state index contributed by atoms with van der Waals surface area (Å²) < 4.78 is 0. The number of nitrogens with two attached hydrogens (primary N) is 1. The number of amidine groups is 1. The lowest BCUT2D eigenvalue weighted by Gasteiger charge is -2.07. The van der Waals surface area contributed by atoms with E-state index in [4.69, 9.17) is 11.0 Å². The van der Waals surface area contributed by atoms with Crippen molar-refractivity contribution in [2.75, 3.05) is 0 Å². The van der Waals surface area contributed by atoms with Crippen LogP contribution in [0.3, 0.4) is 0 Å². The van der Waals surface area contributed by atoms with Crippen molar-refractivity contribution in [1.29, 1.82) is 5.26 Å². The Hall–Kier alpha value is -1.82. The highest BCUT2D eigenvalue weighted by molar-refractivity contribution is 5.83. The number of hydrogen-bond donors (Lipinski definition) is 1. The zero-order valence-corrected chi connectivity index (χ0v) is 9.89. The molecule has 1 aromatic carbocycles. The molecule has 88 valence electrons. The van der Waals surface area contributed by atoms with E-state index in [2.05, 4.69) is 11.1 Å². The van der Waals surface area contributed by atoms with E-state index in [0.29, 0.717) is 18.0 Å². The molecule has 0 aliphatic heterocycles. The smallest absolute Gasteiger partial charge is 0.0991 e. The molecule has 1 saturated carbocycles. The van der Waals surface area contributed by atoms with Crippen LogP contribution in [-0.2, 0) is 6.54 Å².